The third kappa shape index (κ3) is 4.32. The molecule has 1 heterocycles. The highest BCUT2D eigenvalue weighted by atomic mass is 32.2. The molecule has 1 saturated carbocycles. The molecule has 5 nitrogen and oxygen atoms in total. The molecule has 1 atom stereocenters. The Labute approximate surface area is 182 Å². The van der Waals surface area contributed by atoms with Crippen LogP contribution in [0.15, 0.2) is 63.9 Å². The smallest absolute Gasteiger partial charge is 0.284 e. The molecule has 2 aliphatic rings. The Morgan fingerprint density at radius 1 is 1.00 bits per heavy atom. The summed E-state index contributed by atoms with van der Waals surface area (Å²) in [5.74, 6) is -0.0617. The van der Waals surface area contributed by atoms with E-state index in [4.69, 9.17) is 0 Å². The molecule has 2 fully saturated rings. The minimum atomic E-state index is -3.90. The summed E-state index contributed by atoms with van der Waals surface area (Å²) in [6, 6.07) is 16.4. The summed E-state index contributed by atoms with van der Waals surface area (Å²) in [6.45, 7) is 2.02. The number of sulfonamides is 1. The first kappa shape index (κ1) is 21.1. The number of hydrogen-bond donors (Lipinski definition) is 0. The van der Waals surface area contributed by atoms with Crippen molar-refractivity contribution in [3.05, 3.63) is 65.7 Å². The van der Waals surface area contributed by atoms with E-state index in [1.54, 1.807) is 17.0 Å². The van der Waals surface area contributed by atoms with Crippen LogP contribution in [0.25, 0.3) is 0 Å². The number of aryl methyl sites for hydroxylation is 1. The second-order valence-corrected chi connectivity index (χ2v) is 10.4. The van der Waals surface area contributed by atoms with Crippen LogP contribution in [0.2, 0.25) is 0 Å². The van der Waals surface area contributed by atoms with Gasteiger partial charge in [0.25, 0.3) is 10.0 Å². The zero-order valence-electron chi connectivity index (χ0n) is 17.0. The van der Waals surface area contributed by atoms with E-state index >= 15 is 0 Å². The quantitative estimate of drug-likeness (QED) is 0.658. The zero-order valence-corrected chi connectivity index (χ0v) is 18.7. The van der Waals surface area contributed by atoms with Gasteiger partial charge in [-0.05, 0) is 42.5 Å². The van der Waals surface area contributed by atoms with Crippen LogP contribution < -0.4 is 0 Å². The number of nitrogens with zero attached hydrogens (tertiary/aromatic N) is 2. The van der Waals surface area contributed by atoms with Crippen molar-refractivity contribution in [2.24, 2.45) is 4.40 Å². The summed E-state index contributed by atoms with van der Waals surface area (Å²) in [4.78, 5) is 15.2. The molecule has 2 aromatic rings. The summed E-state index contributed by atoms with van der Waals surface area (Å²) in [5, 5.41) is -0.148. The maximum absolute atomic E-state index is 13.4. The first-order valence-electron chi connectivity index (χ1n) is 10.5. The van der Waals surface area contributed by atoms with E-state index < -0.39 is 15.3 Å². The van der Waals surface area contributed by atoms with Crippen molar-refractivity contribution in [1.82, 2.24) is 4.90 Å². The van der Waals surface area contributed by atoms with Crippen molar-refractivity contribution in [2.75, 3.05) is 0 Å². The van der Waals surface area contributed by atoms with Crippen molar-refractivity contribution in [3.63, 3.8) is 0 Å². The minimum absolute atomic E-state index is 0.0175. The highest BCUT2D eigenvalue weighted by Crippen LogP contribution is 2.43. The predicted octanol–water partition coefficient (Wildman–Crippen LogP) is 4.94. The Kier molecular flexibility index (Phi) is 6.29. The van der Waals surface area contributed by atoms with Crippen LogP contribution in [-0.4, -0.2) is 30.4 Å². The molecule has 7 heteroatoms. The van der Waals surface area contributed by atoms with Crippen LogP contribution in [0, 0.1) is 0 Å². The van der Waals surface area contributed by atoms with E-state index in [-0.39, 0.29) is 16.8 Å². The molecule has 30 heavy (non-hydrogen) atoms. The lowest BCUT2D eigenvalue weighted by Gasteiger charge is -2.30. The molecule has 0 radical (unpaired) electrons. The van der Waals surface area contributed by atoms with E-state index in [0.717, 1.165) is 49.7 Å². The molecule has 2 aromatic carbocycles. The van der Waals surface area contributed by atoms with Crippen LogP contribution in [0.3, 0.4) is 0 Å². The fourth-order valence-corrected chi connectivity index (χ4v) is 6.48. The van der Waals surface area contributed by atoms with Gasteiger partial charge in [-0.25, -0.2) is 0 Å². The molecule has 158 valence electrons. The van der Waals surface area contributed by atoms with E-state index in [1.165, 1.54) is 11.8 Å². The molecule has 1 aliphatic heterocycles. The number of amides is 1. The number of hydrogen-bond acceptors (Lipinski definition) is 4. The van der Waals surface area contributed by atoms with E-state index in [2.05, 4.69) is 4.40 Å². The highest BCUT2D eigenvalue weighted by Gasteiger charge is 2.43. The molecule has 0 unspecified atom stereocenters. The second kappa shape index (κ2) is 8.94. The SMILES string of the molecule is CCc1ccc(S(=O)(=O)N=C2S[C@H](c3ccccc3)C(=O)N2C2CCCCC2)cc1. The van der Waals surface area contributed by atoms with E-state index in [1.807, 2.05) is 49.4 Å². The van der Waals surface area contributed by atoms with Crippen LogP contribution in [0.1, 0.15) is 55.4 Å². The number of thioether (sulfide) groups is 1. The third-order valence-corrected chi connectivity index (χ3v) is 8.37. The van der Waals surface area contributed by atoms with Gasteiger partial charge in [0.05, 0.1) is 4.90 Å². The zero-order chi connectivity index (χ0) is 21.1. The van der Waals surface area contributed by atoms with Gasteiger partial charge in [-0.2, -0.15) is 8.42 Å². The maximum Gasteiger partial charge on any atom is 0.284 e. The molecule has 0 aromatic heterocycles. The van der Waals surface area contributed by atoms with Crippen molar-refractivity contribution in [1.29, 1.82) is 0 Å². The number of carbonyl (C=O) groups excluding carboxylic acids is 1. The largest absolute Gasteiger partial charge is 0.286 e. The van der Waals surface area contributed by atoms with Gasteiger partial charge in [0, 0.05) is 6.04 Å². The van der Waals surface area contributed by atoms with Crippen molar-refractivity contribution >= 4 is 32.9 Å². The molecule has 1 amide bonds. The molecule has 4 rings (SSSR count). The average Bonchev–Trinajstić information content (AvgIpc) is 3.10. The Morgan fingerprint density at radius 3 is 2.30 bits per heavy atom. The third-order valence-electron chi connectivity index (χ3n) is 5.76. The van der Waals surface area contributed by atoms with Gasteiger partial charge in [-0.3, -0.25) is 9.69 Å². The summed E-state index contributed by atoms with van der Waals surface area (Å²) >= 11 is 1.25. The predicted molar refractivity (Wildman–Crippen MR) is 121 cm³/mol. The van der Waals surface area contributed by atoms with Crippen molar-refractivity contribution in [3.8, 4) is 0 Å². The minimum Gasteiger partial charge on any atom is -0.286 e. The first-order chi connectivity index (χ1) is 14.5. The van der Waals surface area contributed by atoms with Gasteiger partial charge in [0.15, 0.2) is 5.17 Å². The fourth-order valence-electron chi connectivity index (χ4n) is 4.07. The van der Waals surface area contributed by atoms with Gasteiger partial charge < -0.3 is 0 Å². The van der Waals surface area contributed by atoms with Crippen LogP contribution in [0.4, 0.5) is 0 Å². The van der Waals surface area contributed by atoms with Crippen molar-refractivity contribution < 1.29 is 13.2 Å². The Balaban J connectivity index is 1.71. The van der Waals surface area contributed by atoms with Gasteiger partial charge in [-0.1, -0.05) is 80.4 Å². The summed E-state index contributed by atoms with van der Waals surface area (Å²) in [7, 11) is -3.90. The number of benzene rings is 2. The molecular formula is C23H26N2O3S2. The van der Waals surface area contributed by atoms with Gasteiger partial charge in [0.2, 0.25) is 5.91 Å². The molecule has 0 bridgehead atoms. The second-order valence-electron chi connectivity index (χ2n) is 7.76. The number of amidine groups is 1. The Bertz CT molecular complexity index is 1030. The van der Waals surface area contributed by atoms with Crippen LogP contribution in [0.5, 0.6) is 0 Å². The Hall–Kier alpha value is -2.12. The van der Waals surface area contributed by atoms with Crippen molar-refractivity contribution in [2.45, 2.75) is 61.6 Å². The first-order valence-corrected chi connectivity index (χ1v) is 12.8. The maximum atomic E-state index is 13.4. The normalized spacial score (nSPS) is 22.0. The standard InChI is InChI=1S/C23H26N2O3S2/c1-2-17-13-15-20(16-14-17)30(27,28)24-23-25(19-11-7-4-8-12-19)22(26)21(29-23)18-9-5-3-6-10-18/h3,5-6,9-10,13-16,19,21H,2,4,7-8,11-12H2,1H3/t21-/m1/s1. The van der Waals surface area contributed by atoms with Crippen LogP contribution >= 0.6 is 11.8 Å². The van der Waals surface area contributed by atoms with Gasteiger partial charge >= 0.3 is 0 Å². The van der Waals surface area contributed by atoms with Crippen LogP contribution in [-0.2, 0) is 21.2 Å². The lowest BCUT2D eigenvalue weighted by atomic mass is 9.94. The Morgan fingerprint density at radius 2 is 1.67 bits per heavy atom. The monoisotopic (exact) mass is 442 g/mol. The summed E-state index contributed by atoms with van der Waals surface area (Å²) in [6.07, 6.45) is 5.87. The highest BCUT2D eigenvalue weighted by molar-refractivity contribution is 8.15. The molecule has 0 N–H and O–H groups in total. The topological polar surface area (TPSA) is 66.8 Å². The lowest BCUT2D eigenvalue weighted by Crippen LogP contribution is -2.41. The fraction of sp³-hybridized carbons (Fsp3) is 0.391. The molecule has 1 saturated heterocycles. The summed E-state index contributed by atoms with van der Waals surface area (Å²) < 4.78 is 30.2. The van der Waals surface area contributed by atoms with E-state index in [0.29, 0.717) is 5.17 Å². The number of carbonyl (C=O) groups is 1. The number of rotatable bonds is 5. The summed E-state index contributed by atoms with van der Waals surface area (Å²) in [5.41, 5.74) is 1.95. The van der Waals surface area contributed by atoms with E-state index in [9.17, 15) is 13.2 Å². The van der Waals surface area contributed by atoms with Gasteiger partial charge in [0.1, 0.15) is 5.25 Å². The average molecular weight is 443 g/mol. The molecular weight excluding hydrogens is 416 g/mol. The van der Waals surface area contributed by atoms with Gasteiger partial charge in [-0.15, -0.1) is 4.40 Å². The molecule has 0 spiro atoms. The molecule has 1 aliphatic carbocycles. The lowest BCUT2D eigenvalue weighted by molar-refractivity contribution is -0.128.